The third kappa shape index (κ3) is 45.8. The molecule has 0 spiro atoms. The molecule has 0 aliphatic rings. The van der Waals surface area contributed by atoms with Crippen molar-refractivity contribution in [1.82, 2.24) is 0 Å². The van der Waals surface area contributed by atoms with E-state index in [1.54, 1.807) is 0 Å². The molecule has 0 radical (unpaired) electrons. The summed E-state index contributed by atoms with van der Waals surface area (Å²) in [5, 5.41) is 30.0. The standard InChI is InChI=1S/3C10H18O3.Al/c3*1-2-3-4-5-6-7-9(11)8-10(12)13;/h3*2-8H2,1H3,(H,12,13);/q;;;+3/p-3. The number of carbonyl (C=O) groups excluding carboxylic acids is 6. The summed E-state index contributed by atoms with van der Waals surface area (Å²) in [5.74, 6) is -4.43. The minimum Gasteiger partial charge on any atom is -0.550 e. The molecule has 9 nitrogen and oxygen atoms in total. The number of carbonyl (C=O) groups is 6. The van der Waals surface area contributed by atoms with E-state index in [1.165, 1.54) is 38.5 Å². The molecule has 0 saturated carbocycles. The Bertz CT molecular complexity index is 588. The molecule has 0 aromatic heterocycles. The van der Waals surface area contributed by atoms with Crippen LogP contribution in [0.2, 0.25) is 0 Å². The van der Waals surface area contributed by atoms with Gasteiger partial charge in [0, 0.05) is 56.4 Å². The number of hydrogen-bond acceptors (Lipinski definition) is 9. The van der Waals surface area contributed by atoms with Gasteiger partial charge in [-0.1, -0.05) is 97.8 Å². The van der Waals surface area contributed by atoms with Crippen LogP contribution in [0.4, 0.5) is 0 Å². The van der Waals surface area contributed by atoms with Crippen LogP contribution in [0.1, 0.15) is 156 Å². The van der Waals surface area contributed by atoms with Crippen LogP contribution >= 0.6 is 0 Å². The molecule has 0 unspecified atom stereocenters. The first-order valence-electron chi connectivity index (χ1n) is 14.6. The largest absolute Gasteiger partial charge is 3.00 e. The van der Waals surface area contributed by atoms with E-state index in [9.17, 15) is 44.1 Å². The molecule has 10 heteroatoms. The van der Waals surface area contributed by atoms with Crippen molar-refractivity contribution in [2.75, 3.05) is 0 Å². The van der Waals surface area contributed by atoms with Gasteiger partial charge in [-0.25, -0.2) is 0 Å². The average Bonchev–Trinajstić information content (AvgIpc) is 2.83. The molecule has 0 aromatic carbocycles. The van der Waals surface area contributed by atoms with Crippen LogP contribution in [0.3, 0.4) is 0 Å². The van der Waals surface area contributed by atoms with E-state index in [1.807, 2.05) is 0 Å². The van der Waals surface area contributed by atoms with Gasteiger partial charge in [-0.2, -0.15) is 0 Å². The Morgan fingerprint density at radius 2 is 0.575 bits per heavy atom. The summed E-state index contributed by atoms with van der Waals surface area (Å²) in [5.41, 5.74) is 0. The number of carboxylic acids is 3. The van der Waals surface area contributed by atoms with Crippen molar-refractivity contribution in [2.45, 2.75) is 156 Å². The Balaban J connectivity index is -0.000000240. The summed E-state index contributed by atoms with van der Waals surface area (Å²) in [6.45, 7) is 6.38. The van der Waals surface area contributed by atoms with Crippen molar-refractivity contribution >= 4 is 52.6 Å². The Hall–Kier alpha value is -2.05. The molecule has 0 amide bonds. The molecule has 0 heterocycles. The zero-order valence-corrected chi connectivity index (χ0v) is 26.3. The van der Waals surface area contributed by atoms with Crippen LogP contribution < -0.4 is 15.3 Å². The molecule has 0 N–H and O–H groups in total. The Morgan fingerprint density at radius 3 is 0.750 bits per heavy atom. The number of aliphatic carboxylic acids is 3. The predicted octanol–water partition coefficient (Wildman–Crippen LogP) is 2.79. The monoisotopic (exact) mass is 582 g/mol. The fraction of sp³-hybridized carbons (Fsp3) is 0.800. The SMILES string of the molecule is CCCCCCCC(=O)CC(=O)[O-].CCCCCCCC(=O)CC(=O)[O-].CCCCCCCC(=O)CC(=O)[O-].[Al+3]. The molecular formula is C30H51AlO9. The molecule has 0 fully saturated rings. The minimum atomic E-state index is -1.27. The number of hydrogen-bond donors (Lipinski definition) is 0. The molecule has 0 rings (SSSR count). The Kier molecular flexibility index (Phi) is 39.3. The Morgan fingerprint density at radius 1 is 0.375 bits per heavy atom. The van der Waals surface area contributed by atoms with E-state index in [-0.39, 0.29) is 34.7 Å². The molecule has 40 heavy (non-hydrogen) atoms. The summed E-state index contributed by atoms with van der Waals surface area (Å²) in [4.78, 5) is 62.6. The number of Topliss-reactive ketones (excluding diaryl/α,β-unsaturated/α-hetero) is 3. The maximum atomic E-state index is 10.9. The van der Waals surface area contributed by atoms with Crippen molar-refractivity contribution in [2.24, 2.45) is 0 Å². The molecule has 0 aliphatic carbocycles. The summed E-state index contributed by atoms with van der Waals surface area (Å²) < 4.78 is 0. The van der Waals surface area contributed by atoms with E-state index < -0.39 is 37.2 Å². The number of ketones is 3. The average molecular weight is 583 g/mol. The van der Waals surface area contributed by atoms with Crippen LogP contribution in [0, 0.1) is 0 Å². The summed E-state index contributed by atoms with van der Waals surface area (Å²) in [7, 11) is 0. The van der Waals surface area contributed by atoms with E-state index >= 15 is 0 Å². The number of rotatable bonds is 24. The third-order valence-corrected chi connectivity index (χ3v) is 5.70. The first-order chi connectivity index (χ1) is 18.5. The van der Waals surface area contributed by atoms with Gasteiger partial charge in [0.15, 0.2) is 0 Å². The second kappa shape index (κ2) is 35.0. The van der Waals surface area contributed by atoms with Crippen LogP contribution in [-0.4, -0.2) is 52.6 Å². The zero-order chi connectivity index (χ0) is 30.3. The topological polar surface area (TPSA) is 172 Å². The number of unbranched alkanes of at least 4 members (excludes halogenated alkanes) is 12. The van der Waals surface area contributed by atoms with Gasteiger partial charge >= 0.3 is 17.4 Å². The van der Waals surface area contributed by atoms with Gasteiger partial charge in [-0.05, 0) is 19.3 Å². The minimum absolute atomic E-state index is 0. The normalized spacial score (nSPS) is 9.68. The summed E-state index contributed by atoms with van der Waals surface area (Å²) in [6, 6.07) is 0. The fourth-order valence-electron chi connectivity index (χ4n) is 3.53. The smallest absolute Gasteiger partial charge is 0.550 e. The van der Waals surface area contributed by atoms with Gasteiger partial charge in [0.2, 0.25) is 0 Å². The van der Waals surface area contributed by atoms with E-state index in [2.05, 4.69) is 20.8 Å². The summed E-state index contributed by atoms with van der Waals surface area (Å²) >= 11 is 0. The van der Waals surface area contributed by atoms with Gasteiger partial charge in [-0.3, -0.25) is 14.4 Å². The molecular weight excluding hydrogens is 531 g/mol. The van der Waals surface area contributed by atoms with Gasteiger partial charge in [0.1, 0.15) is 17.3 Å². The van der Waals surface area contributed by atoms with Crippen molar-refractivity contribution in [1.29, 1.82) is 0 Å². The second-order valence-electron chi connectivity index (χ2n) is 9.76. The summed E-state index contributed by atoms with van der Waals surface area (Å²) in [6.07, 6.45) is 15.9. The predicted molar refractivity (Wildman–Crippen MR) is 150 cm³/mol. The van der Waals surface area contributed by atoms with E-state index in [0.717, 1.165) is 57.8 Å². The third-order valence-electron chi connectivity index (χ3n) is 5.70. The fourth-order valence-corrected chi connectivity index (χ4v) is 3.53. The maximum Gasteiger partial charge on any atom is 3.00 e. The van der Waals surface area contributed by atoms with E-state index in [4.69, 9.17) is 0 Å². The van der Waals surface area contributed by atoms with Gasteiger partial charge in [0.25, 0.3) is 0 Å². The van der Waals surface area contributed by atoms with Crippen LogP contribution in [-0.2, 0) is 28.8 Å². The molecule has 0 atom stereocenters. The first-order valence-corrected chi connectivity index (χ1v) is 14.6. The second-order valence-corrected chi connectivity index (χ2v) is 9.76. The molecule has 0 aromatic rings. The van der Waals surface area contributed by atoms with Crippen LogP contribution in [0.25, 0.3) is 0 Å². The quantitative estimate of drug-likeness (QED) is 0.0942. The van der Waals surface area contributed by atoms with Gasteiger partial charge in [0.05, 0.1) is 0 Å². The van der Waals surface area contributed by atoms with Gasteiger partial charge in [-0.15, -0.1) is 0 Å². The van der Waals surface area contributed by atoms with Crippen molar-refractivity contribution in [3.63, 3.8) is 0 Å². The van der Waals surface area contributed by atoms with Crippen molar-refractivity contribution < 1.29 is 44.1 Å². The zero-order valence-electron chi connectivity index (χ0n) is 25.1. The molecule has 0 bridgehead atoms. The van der Waals surface area contributed by atoms with Crippen LogP contribution in [0.5, 0.6) is 0 Å². The molecule has 0 saturated heterocycles. The van der Waals surface area contributed by atoms with E-state index in [0.29, 0.717) is 19.3 Å². The first kappa shape index (κ1) is 45.0. The van der Waals surface area contributed by atoms with Crippen LogP contribution in [0.15, 0.2) is 0 Å². The van der Waals surface area contributed by atoms with Crippen molar-refractivity contribution in [3.8, 4) is 0 Å². The number of carboxylic acid groups (broad SMARTS) is 3. The maximum absolute atomic E-state index is 10.9. The molecule has 228 valence electrons. The van der Waals surface area contributed by atoms with Gasteiger partial charge < -0.3 is 29.7 Å². The molecule has 0 aliphatic heterocycles. The van der Waals surface area contributed by atoms with Crippen molar-refractivity contribution in [3.05, 3.63) is 0 Å². The Labute approximate surface area is 252 Å².